The highest BCUT2D eigenvalue weighted by molar-refractivity contribution is 7.09. The van der Waals surface area contributed by atoms with Crippen molar-refractivity contribution < 1.29 is 13.2 Å². The molecule has 1 aliphatic heterocycles. The van der Waals surface area contributed by atoms with Crippen LogP contribution in [0.4, 0.5) is 24.1 Å². The number of nitrogens with zero attached hydrogens (tertiary/aromatic N) is 5. The molecule has 3 rings (SSSR count). The average Bonchev–Trinajstić information content (AvgIpc) is 2.91. The van der Waals surface area contributed by atoms with Crippen molar-refractivity contribution in [2.45, 2.75) is 25.9 Å². The number of halogens is 4. The second kappa shape index (κ2) is 7.33. The Balaban J connectivity index is 1.72. The van der Waals surface area contributed by atoms with Crippen LogP contribution in [0.15, 0.2) is 12.3 Å². The second-order valence-electron chi connectivity index (χ2n) is 5.70. The molecule has 1 saturated heterocycles. The molecule has 0 atom stereocenters. The van der Waals surface area contributed by atoms with Gasteiger partial charge in [-0.05, 0) is 12.5 Å². The Hall–Kier alpha value is -1.61. The van der Waals surface area contributed by atoms with Crippen molar-refractivity contribution in [2.24, 2.45) is 0 Å². The van der Waals surface area contributed by atoms with Gasteiger partial charge in [0.15, 0.2) is 0 Å². The first-order chi connectivity index (χ1) is 11.9. The van der Waals surface area contributed by atoms with E-state index in [4.69, 9.17) is 11.6 Å². The van der Waals surface area contributed by atoms with Crippen molar-refractivity contribution in [2.75, 3.05) is 36.0 Å². The molecule has 0 bridgehead atoms. The van der Waals surface area contributed by atoms with Crippen molar-refractivity contribution in [3.05, 3.63) is 28.7 Å². The van der Waals surface area contributed by atoms with Gasteiger partial charge in [0.25, 0.3) is 0 Å². The molecule has 3 heterocycles. The molecule has 0 N–H and O–H groups in total. The molecule has 5 nitrogen and oxygen atoms in total. The summed E-state index contributed by atoms with van der Waals surface area (Å²) in [5, 5.41) is 0.901. The molecule has 0 radical (unpaired) electrons. The van der Waals surface area contributed by atoms with Crippen LogP contribution >= 0.6 is 23.1 Å². The molecule has 0 aromatic carbocycles. The smallest absolute Gasteiger partial charge is 0.354 e. The number of hydrogen-bond acceptors (Lipinski definition) is 6. The summed E-state index contributed by atoms with van der Waals surface area (Å²) in [6, 6.07) is 0.935. The Morgan fingerprint density at radius 2 is 1.92 bits per heavy atom. The van der Waals surface area contributed by atoms with Crippen LogP contribution in [0.3, 0.4) is 0 Å². The zero-order valence-corrected chi connectivity index (χ0v) is 15.1. The van der Waals surface area contributed by atoms with Gasteiger partial charge in [0.1, 0.15) is 11.6 Å². The Kier molecular flexibility index (Phi) is 5.33. The van der Waals surface area contributed by atoms with E-state index in [0.29, 0.717) is 25.5 Å². The molecule has 2 aromatic heterocycles. The molecule has 0 spiro atoms. The van der Waals surface area contributed by atoms with Gasteiger partial charge < -0.3 is 9.80 Å². The van der Waals surface area contributed by atoms with E-state index >= 15 is 0 Å². The van der Waals surface area contributed by atoms with E-state index in [-0.39, 0.29) is 5.02 Å². The summed E-state index contributed by atoms with van der Waals surface area (Å²) in [4.78, 5) is 12.5. The van der Waals surface area contributed by atoms with Crippen LogP contribution in [0.2, 0.25) is 5.02 Å². The quantitative estimate of drug-likeness (QED) is 0.794. The summed E-state index contributed by atoms with van der Waals surface area (Å²) in [5.41, 5.74) is -0.835. The topological polar surface area (TPSA) is 45.2 Å². The lowest BCUT2D eigenvalue weighted by Gasteiger charge is -2.23. The monoisotopic (exact) mass is 391 g/mol. The molecule has 0 amide bonds. The third-order valence-corrected chi connectivity index (χ3v) is 5.08. The maximum Gasteiger partial charge on any atom is 0.417 e. The molecule has 2 aromatic rings. The van der Waals surface area contributed by atoms with Gasteiger partial charge in [-0.3, -0.25) is 0 Å². The summed E-state index contributed by atoms with van der Waals surface area (Å²) < 4.78 is 42.5. The number of rotatable bonds is 3. The molecule has 136 valence electrons. The summed E-state index contributed by atoms with van der Waals surface area (Å²) in [7, 11) is 0. The highest BCUT2D eigenvalue weighted by atomic mass is 35.5. The predicted molar refractivity (Wildman–Crippen MR) is 92.6 cm³/mol. The van der Waals surface area contributed by atoms with Crippen LogP contribution in [0, 0.1) is 0 Å². The highest BCUT2D eigenvalue weighted by Crippen LogP contribution is 2.34. The molecule has 0 saturated carbocycles. The van der Waals surface area contributed by atoms with Crippen LogP contribution in [-0.2, 0) is 12.6 Å². The van der Waals surface area contributed by atoms with Gasteiger partial charge in [0, 0.05) is 50.3 Å². The van der Waals surface area contributed by atoms with Crippen molar-refractivity contribution in [1.82, 2.24) is 14.3 Å². The van der Waals surface area contributed by atoms with Crippen molar-refractivity contribution in [3.8, 4) is 0 Å². The Morgan fingerprint density at radius 3 is 2.56 bits per heavy atom. The largest absolute Gasteiger partial charge is 0.417 e. The first kappa shape index (κ1) is 18.2. The molecule has 1 fully saturated rings. The summed E-state index contributed by atoms with van der Waals surface area (Å²) in [5.74, 6) is 1.22. The van der Waals surface area contributed by atoms with E-state index in [9.17, 15) is 13.2 Å². The van der Waals surface area contributed by atoms with Crippen molar-refractivity contribution >= 4 is 34.1 Å². The fourth-order valence-electron chi connectivity index (χ4n) is 2.66. The number of aryl methyl sites for hydroxylation is 1. The first-order valence-electron chi connectivity index (χ1n) is 7.93. The number of aromatic nitrogens is 3. The molecule has 10 heteroatoms. The van der Waals surface area contributed by atoms with Gasteiger partial charge in [-0.25, -0.2) is 9.97 Å². The van der Waals surface area contributed by atoms with E-state index in [2.05, 4.69) is 19.2 Å². The second-order valence-corrected chi connectivity index (χ2v) is 6.84. The number of anilines is 2. The minimum absolute atomic E-state index is 0.0208. The third kappa shape index (κ3) is 4.14. The molecule has 0 aliphatic carbocycles. The van der Waals surface area contributed by atoms with E-state index in [1.54, 1.807) is 0 Å². The van der Waals surface area contributed by atoms with Crippen LogP contribution in [0.5, 0.6) is 0 Å². The lowest BCUT2D eigenvalue weighted by Crippen LogP contribution is -2.31. The zero-order valence-electron chi connectivity index (χ0n) is 13.6. The molecular weight excluding hydrogens is 375 g/mol. The molecule has 25 heavy (non-hydrogen) atoms. The van der Waals surface area contributed by atoms with Crippen molar-refractivity contribution in [1.29, 1.82) is 0 Å². The lowest BCUT2D eigenvalue weighted by atomic mass is 10.2. The summed E-state index contributed by atoms with van der Waals surface area (Å²) >= 11 is 7.43. The molecular formula is C15H17ClF3N5S. The minimum Gasteiger partial charge on any atom is -0.354 e. The fourth-order valence-corrected chi connectivity index (χ4v) is 3.74. The Morgan fingerprint density at radius 1 is 1.20 bits per heavy atom. The van der Waals surface area contributed by atoms with E-state index in [1.165, 1.54) is 11.5 Å². The van der Waals surface area contributed by atoms with E-state index < -0.39 is 11.7 Å². The van der Waals surface area contributed by atoms with Crippen LogP contribution in [-0.4, -0.2) is 40.5 Å². The zero-order chi connectivity index (χ0) is 18.0. The normalized spacial score (nSPS) is 16.2. The fraction of sp³-hybridized carbons (Fsp3) is 0.533. The molecule has 0 unspecified atom stereocenters. The predicted octanol–water partition coefficient (Wildman–Crippen LogP) is 3.88. The maximum absolute atomic E-state index is 12.7. The maximum atomic E-state index is 12.7. The standard InChI is InChI=1S/C15H17ClF3N5S/c1-2-12-21-14(25-22-12)24-5-3-4-23(6-7-24)13-11(16)8-10(9-20-13)15(17,18)19/h8-9H,2-7H2,1H3. The minimum atomic E-state index is -4.44. The van der Waals surface area contributed by atoms with Gasteiger partial charge in [-0.1, -0.05) is 18.5 Å². The summed E-state index contributed by atoms with van der Waals surface area (Å²) in [6.07, 6.45) is -1.98. The van der Waals surface area contributed by atoms with Gasteiger partial charge in [0.05, 0.1) is 10.6 Å². The van der Waals surface area contributed by atoms with Gasteiger partial charge in [-0.15, -0.1) is 0 Å². The Labute approximate surface area is 152 Å². The average molecular weight is 392 g/mol. The van der Waals surface area contributed by atoms with Gasteiger partial charge in [0.2, 0.25) is 5.13 Å². The van der Waals surface area contributed by atoms with E-state index in [0.717, 1.165) is 42.6 Å². The number of hydrogen-bond donors (Lipinski definition) is 0. The van der Waals surface area contributed by atoms with Crippen LogP contribution < -0.4 is 9.80 Å². The van der Waals surface area contributed by atoms with Crippen LogP contribution in [0.1, 0.15) is 24.7 Å². The van der Waals surface area contributed by atoms with Crippen molar-refractivity contribution in [3.63, 3.8) is 0 Å². The van der Waals surface area contributed by atoms with Gasteiger partial charge in [-0.2, -0.15) is 17.5 Å². The van der Waals surface area contributed by atoms with Gasteiger partial charge >= 0.3 is 6.18 Å². The van der Waals surface area contributed by atoms with E-state index in [1.807, 2.05) is 11.8 Å². The first-order valence-corrected chi connectivity index (χ1v) is 9.09. The highest BCUT2D eigenvalue weighted by Gasteiger charge is 2.32. The summed E-state index contributed by atoms with van der Waals surface area (Å²) in [6.45, 7) is 4.80. The lowest BCUT2D eigenvalue weighted by molar-refractivity contribution is -0.137. The SMILES string of the molecule is CCc1nsc(N2CCCN(c3ncc(C(F)(F)F)cc3Cl)CC2)n1. The van der Waals surface area contributed by atoms with Crippen LogP contribution in [0.25, 0.3) is 0 Å². The number of alkyl halides is 3. The molecule has 1 aliphatic rings. The Bertz CT molecular complexity index is 736. The number of pyridine rings is 1. The third-order valence-electron chi connectivity index (χ3n) is 3.99.